The summed E-state index contributed by atoms with van der Waals surface area (Å²) in [7, 11) is 0. The van der Waals surface area contributed by atoms with Crippen LogP contribution in [-0.2, 0) is 0 Å². The monoisotopic (exact) mass is 215 g/mol. The van der Waals surface area contributed by atoms with Crippen LogP contribution in [0.2, 0.25) is 0 Å². The van der Waals surface area contributed by atoms with Crippen molar-refractivity contribution in [1.29, 1.82) is 0 Å². The molecule has 0 aliphatic heterocycles. The number of hydrogen-bond donors (Lipinski definition) is 2. The van der Waals surface area contributed by atoms with Gasteiger partial charge in [-0.1, -0.05) is 30.3 Å². The van der Waals surface area contributed by atoms with E-state index in [1.165, 1.54) is 5.56 Å². The molecule has 16 heavy (non-hydrogen) atoms. The molecule has 1 heterocycles. The third-order valence-corrected chi connectivity index (χ3v) is 2.01. The fourth-order valence-electron chi connectivity index (χ4n) is 1.13. The lowest BCUT2D eigenvalue weighted by Crippen LogP contribution is -2.03. The van der Waals surface area contributed by atoms with Crippen LogP contribution in [-0.4, -0.2) is 4.98 Å². The Morgan fingerprint density at radius 2 is 1.75 bits per heavy atom. The highest BCUT2D eigenvalue weighted by atomic mass is 14.7. The van der Waals surface area contributed by atoms with E-state index in [9.17, 15) is 0 Å². The van der Waals surface area contributed by atoms with Crippen molar-refractivity contribution in [1.82, 2.24) is 4.98 Å². The first-order chi connectivity index (χ1) is 7.70. The van der Waals surface area contributed by atoms with E-state index in [4.69, 9.17) is 11.5 Å². The third-order valence-electron chi connectivity index (χ3n) is 2.01. The largest absolute Gasteiger partial charge is 0.397 e. The average Bonchev–Trinajstić information content (AvgIpc) is 2.32. The van der Waals surface area contributed by atoms with E-state index < -0.39 is 0 Å². The minimum Gasteiger partial charge on any atom is -0.397 e. The second-order valence-corrected chi connectivity index (χ2v) is 3.49. The zero-order chi connectivity index (χ0) is 11.8. The van der Waals surface area contributed by atoms with Crippen LogP contribution >= 0.6 is 0 Å². The number of hydrogen-bond acceptors (Lipinski definition) is 3. The standard InChI is InChI=1S/C8H11N.C5H6N2/c1-7(9)8-5-3-2-4-6-8;6-5-2-1-3-7-4-5/h2-7H,9H2,1H3;1-4H,6H2. The van der Waals surface area contributed by atoms with Crippen molar-refractivity contribution in [3.8, 4) is 0 Å². The number of anilines is 1. The van der Waals surface area contributed by atoms with Gasteiger partial charge in [0.15, 0.2) is 0 Å². The summed E-state index contributed by atoms with van der Waals surface area (Å²) >= 11 is 0. The van der Waals surface area contributed by atoms with Gasteiger partial charge in [0.2, 0.25) is 0 Å². The summed E-state index contributed by atoms with van der Waals surface area (Å²) in [6, 6.07) is 13.8. The number of benzene rings is 1. The molecule has 0 saturated carbocycles. The molecule has 1 aromatic carbocycles. The van der Waals surface area contributed by atoms with Gasteiger partial charge in [0.1, 0.15) is 0 Å². The summed E-state index contributed by atoms with van der Waals surface area (Å²) in [5.41, 5.74) is 12.8. The van der Waals surface area contributed by atoms with Crippen molar-refractivity contribution in [2.24, 2.45) is 5.73 Å². The Morgan fingerprint density at radius 1 is 1.06 bits per heavy atom. The van der Waals surface area contributed by atoms with E-state index in [0.29, 0.717) is 5.69 Å². The lowest BCUT2D eigenvalue weighted by atomic mass is 10.1. The first kappa shape index (κ1) is 12.2. The van der Waals surface area contributed by atoms with Crippen LogP contribution in [0.4, 0.5) is 5.69 Å². The fraction of sp³-hybridized carbons (Fsp3) is 0.154. The molecule has 0 spiro atoms. The summed E-state index contributed by atoms with van der Waals surface area (Å²) in [6.07, 6.45) is 3.30. The van der Waals surface area contributed by atoms with E-state index in [2.05, 4.69) is 4.98 Å². The number of nitrogens with zero attached hydrogens (tertiary/aromatic N) is 1. The molecule has 4 N–H and O–H groups in total. The van der Waals surface area contributed by atoms with Gasteiger partial charge in [-0.3, -0.25) is 4.98 Å². The molecule has 0 saturated heterocycles. The van der Waals surface area contributed by atoms with Gasteiger partial charge < -0.3 is 11.5 Å². The molecule has 2 aromatic rings. The maximum absolute atomic E-state index is 5.61. The predicted molar refractivity (Wildman–Crippen MR) is 67.7 cm³/mol. The van der Waals surface area contributed by atoms with Crippen LogP contribution < -0.4 is 11.5 Å². The lowest BCUT2D eigenvalue weighted by Gasteiger charge is -2.02. The predicted octanol–water partition coefficient (Wildman–Crippen LogP) is 2.37. The normalized spacial score (nSPS) is 11.1. The van der Waals surface area contributed by atoms with Crippen LogP contribution in [0.15, 0.2) is 54.9 Å². The third kappa shape index (κ3) is 4.57. The zero-order valence-electron chi connectivity index (χ0n) is 9.38. The number of aromatic nitrogens is 1. The Kier molecular flexibility index (Phi) is 5.02. The molecular weight excluding hydrogens is 198 g/mol. The molecule has 0 radical (unpaired) electrons. The fourth-order valence-corrected chi connectivity index (χ4v) is 1.13. The van der Waals surface area contributed by atoms with Crippen molar-refractivity contribution in [3.63, 3.8) is 0 Å². The highest BCUT2D eigenvalue weighted by Gasteiger charge is 1.93. The lowest BCUT2D eigenvalue weighted by molar-refractivity contribution is 0.818. The maximum Gasteiger partial charge on any atom is 0.0500 e. The smallest absolute Gasteiger partial charge is 0.0500 e. The van der Waals surface area contributed by atoms with Crippen molar-refractivity contribution in [3.05, 3.63) is 60.4 Å². The van der Waals surface area contributed by atoms with Crippen molar-refractivity contribution < 1.29 is 0 Å². The molecule has 3 heteroatoms. The second-order valence-electron chi connectivity index (χ2n) is 3.49. The van der Waals surface area contributed by atoms with Gasteiger partial charge in [-0.15, -0.1) is 0 Å². The van der Waals surface area contributed by atoms with Gasteiger partial charge >= 0.3 is 0 Å². The van der Waals surface area contributed by atoms with Gasteiger partial charge in [-0.2, -0.15) is 0 Å². The number of rotatable bonds is 1. The Balaban J connectivity index is 0.000000165. The topological polar surface area (TPSA) is 64.9 Å². The van der Waals surface area contributed by atoms with Gasteiger partial charge in [-0.05, 0) is 24.6 Å². The van der Waals surface area contributed by atoms with Crippen LogP contribution in [0, 0.1) is 0 Å². The van der Waals surface area contributed by atoms with Gasteiger partial charge in [-0.25, -0.2) is 0 Å². The number of pyridine rings is 1. The molecule has 3 nitrogen and oxygen atoms in total. The molecule has 1 atom stereocenters. The summed E-state index contributed by atoms with van der Waals surface area (Å²) < 4.78 is 0. The quantitative estimate of drug-likeness (QED) is 0.767. The Morgan fingerprint density at radius 3 is 2.06 bits per heavy atom. The van der Waals surface area contributed by atoms with Crippen LogP contribution in [0.5, 0.6) is 0 Å². The van der Waals surface area contributed by atoms with E-state index in [1.54, 1.807) is 24.5 Å². The molecule has 1 aromatic heterocycles. The van der Waals surface area contributed by atoms with E-state index in [1.807, 2.05) is 37.3 Å². The molecule has 0 bridgehead atoms. The summed E-state index contributed by atoms with van der Waals surface area (Å²) in [5, 5.41) is 0. The molecule has 1 unspecified atom stereocenters. The molecule has 84 valence electrons. The Hall–Kier alpha value is -1.87. The summed E-state index contributed by atoms with van der Waals surface area (Å²) in [4.78, 5) is 3.76. The van der Waals surface area contributed by atoms with Gasteiger partial charge in [0.05, 0.1) is 5.69 Å². The molecule has 0 aliphatic carbocycles. The SMILES string of the molecule is CC(N)c1ccccc1.Nc1cccnc1. The van der Waals surface area contributed by atoms with Gasteiger partial charge in [0.25, 0.3) is 0 Å². The molecular formula is C13H17N3. The first-order valence-corrected chi connectivity index (χ1v) is 5.16. The summed E-state index contributed by atoms with van der Waals surface area (Å²) in [6.45, 7) is 1.98. The van der Waals surface area contributed by atoms with Gasteiger partial charge in [0, 0.05) is 18.4 Å². The van der Waals surface area contributed by atoms with Crippen LogP contribution in [0.1, 0.15) is 18.5 Å². The van der Waals surface area contributed by atoms with E-state index in [-0.39, 0.29) is 6.04 Å². The van der Waals surface area contributed by atoms with Crippen LogP contribution in [0.3, 0.4) is 0 Å². The first-order valence-electron chi connectivity index (χ1n) is 5.16. The van der Waals surface area contributed by atoms with Crippen molar-refractivity contribution in [2.75, 3.05) is 5.73 Å². The van der Waals surface area contributed by atoms with E-state index >= 15 is 0 Å². The minimum atomic E-state index is 0.159. The molecule has 0 fully saturated rings. The zero-order valence-corrected chi connectivity index (χ0v) is 9.38. The number of nitrogen functional groups attached to an aromatic ring is 1. The second kappa shape index (κ2) is 6.58. The Bertz CT molecular complexity index is 384. The molecule has 0 aliphatic rings. The average molecular weight is 215 g/mol. The van der Waals surface area contributed by atoms with Crippen molar-refractivity contribution in [2.45, 2.75) is 13.0 Å². The van der Waals surface area contributed by atoms with Crippen molar-refractivity contribution >= 4 is 5.69 Å². The highest BCUT2D eigenvalue weighted by Crippen LogP contribution is 2.06. The Labute approximate surface area is 96.1 Å². The van der Waals surface area contributed by atoms with Crippen LogP contribution in [0.25, 0.3) is 0 Å². The molecule has 0 amide bonds. The highest BCUT2D eigenvalue weighted by molar-refractivity contribution is 5.32. The molecule has 2 rings (SSSR count). The minimum absolute atomic E-state index is 0.159. The number of nitrogens with two attached hydrogens (primary N) is 2. The summed E-state index contributed by atoms with van der Waals surface area (Å²) in [5.74, 6) is 0. The maximum atomic E-state index is 5.61. The van der Waals surface area contributed by atoms with E-state index in [0.717, 1.165) is 0 Å².